The van der Waals surface area contributed by atoms with Crippen molar-refractivity contribution >= 4 is 11.6 Å². The maximum absolute atomic E-state index is 10.1. The molecule has 3 nitrogen and oxygen atoms in total. The first kappa shape index (κ1) is 13.5. The Labute approximate surface area is 113 Å². The van der Waals surface area contributed by atoms with Gasteiger partial charge >= 0.3 is 0 Å². The second-order valence-electron chi connectivity index (χ2n) is 4.54. The van der Waals surface area contributed by atoms with Crippen LogP contribution in [0.15, 0.2) is 12.1 Å². The van der Waals surface area contributed by atoms with Crippen molar-refractivity contribution in [2.24, 2.45) is 0 Å². The van der Waals surface area contributed by atoms with Crippen molar-refractivity contribution < 1.29 is 14.6 Å². The lowest BCUT2D eigenvalue weighted by atomic mass is 10.0. The fourth-order valence-corrected chi connectivity index (χ4v) is 2.35. The molecule has 4 heteroatoms. The number of hydrogen-bond donors (Lipinski definition) is 1. The van der Waals surface area contributed by atoms with Crippen LogP contribution in [0.1, 0.15) is 44.3 Å². The number of benzene rings is 1. The minimum absolute atomic E-state index is 0.482. The van der Waals surface area contributed by atoms with Gasteiger partial charge in [-0.25, -0.2) is 0 Å². The van der Waals surface area contributed by atoms with E-state index in [9.17, 15) is 5.11 Å². The summed E-state index contributed by atoms with van der Waals surface area (Å²) in [6.45, 7) is 3.19. The second-order valence-corrected chi connectivity index (χ2v) is 4.95. The molecule has 1 heterocycles. The standard InChI is InChI=1S/C14H19ClO3/c1-2-3-4-5-12(16)10-8-11(15)14-13(9-10)17-6-7-18-14/h8-9,12,16H,2-7H2,1H3. The van der Waals surface area contributed by atoms with Crippen LogP contribution in [0.2, 0.25) is 5.02 Å². The summed E-state index contributed by atoms with van der Waals surface area (Å²) in [5.74, 6) is 1.23. The molecule has 1 atom stereocenters. The molecule has 0 fully saturated rings. The van der Waals surface area contributed by atoms with E-state index in [0.29, 0.717) is 29.7 Å². The second kappa shape index (κ2) is 6.30. The van der Waals surface area contributed by atoms with E-state index in [1.54, 1.807) is 6.07 Å². The maximum Gasteiger partial charge on any atom is 0.179 e. The van der Waals surface area contributed by atoms with Gasteiger partial charge in [-0.2, -0.15) is 0 Å². The molecule has 1 aliphatic heterocycles. The van der Waals surface area contributed by atoms with Crippen LogP contribution in [0, 0.1) is 0 Å². The Morgan fingerprint density at radius 1 is 1.28 bits per heavy atom. The summed E-state index contributed by atoms with van der Waals surface area (Å²) in [6, 6.07) is 3.60. The van der Waals surface area contributed by atoms with Crippen LogP contribution < -0.4 is 9.47 Å². The molecule has 0 amide bonds. The van der Waals surface area contributed by atoms with Gasteiger partial charge in [0.25, 0.3) is 0 Å². The molecule has 18 heavy (non-hydrogen) atoms. The molecule has 1 N–H and O–H groups in total. The molecular formula is C14H19ClO3. The molecule has 0 aliphatic carbocycles. The highest BCUT2D eigenvalue weighted by Gasteiger charge is 2.19. The van der Waals surface area contributed by atoms with Crippen molar-refractivity contribution in [2.75, 3.05) is 13.2 Å². The third-order valence-electron chi connectivity index (χ3n) is 3.09. The van der Waals surface area contributed by atoms with E-state index in [1.165, 1.54) is 0 Å². The lowest BCUT2D eigenvalue weighted by Gasteiger charge is -2.21. The van der Waals surface area contributed by atoms with Gasteiger partial charge in [0, 0.05) is 0 Å². The first-order valence-electron chi connectivity index (χ1n) is 6.49. The van der Waals surface area contributed by atoms with Crippen LogP contribution >= 0.6 is 11.6 Å². The molecule has 1 aromatic carbocycles. The predicted octanol–water partition coefficient (Wildman–Crippen LogP) is 3.72. The zero-order valence-electron chi connectivity index (χ0n) is 10.6. The summed E-state index contributed by atoms with van der Waals surface area (Å²) in [5.41, 5.74) is 0.806. The largest absolute Gasteiger partial charge is 0.486 e. The van der Waals surface area contributed by atoms with E-state index >= 15 is 0 Å². The first-order chi connectivity index (χ1) is 8.72. The number of aliphatic hydroxyl groups excluding tert-OH is 1. The van der Waals surface area contributed by atoms with Crippen LogP contribution in [0.25, 0.3) is 0 Å². The van der Waals surface area contributed by atoms with E-state index in [1.807, 2.05) is 6.07 Å². The van der Waals surface area contributed by atoms with Gasteiger partial charge in [-0.15, -0.1) is 0 Å². The number of fused-ring (bicyclic) bond motifs is 1. The summed E-state index contributed by atoms with van der Waals surface area (Å²) in [7, 11) is 0. The zero-order valence-corrected chi connectivity index (χ0v) is 11.4. The fraction of sp³-hybridized carbons (Fsp3) is 0.571. The average molecular weight is 271 g/mol. The van der Waals surface area contributed by atoms with Gasteiger partial charge in [-0.1, -0.05) is 37.8 Å². The van der Waals surface area contributed by atoms with Crippen molar-refractivity contribution in [1.82, 2.24) is 0 Å². The highest BCUT2D eigenvalue weighted by Crippen LogP contribution is 2.40. The molecular weight excluding hydrogens is 252 g/mol. The van der Waals surface area contributed by atoms with Crippen LogP contribution in [0.4, 0.5) is 0 Å². The van der Waals surface area contributed by atoms with Crippen molar-refractivity contribution in [3.8, 4) is 11.5 Å². The van der Waals surface area contributed by atoms with Gasteiger partial charge in [0.15, 0.2) is 11.5 Å². The van der Waals surface area contributed by atoms with Gasteiger partial charge in [-0.3, -0.25) is 0 Å². The molecule has 100 valence electrons. The molecule has 0 saturated carbocycles. The molecule has 0 bridgehead atoms. The quantitative estimate of drug-likeness (QED) is 0.829. The summed E-state index contributed by atoms with van der Waals surface area (Å²) in [5, 5.41) is 10.6. The predicted molar refractivity (Wildman–Crippen MR) is 71.5 cm³/mol. The summed E-state index contributed by atoms with van der Waals surface area (Å²) < 4.78 is 10.9. The average Bonchev–Trinajstić information content (AvgIpc) is 2.39. The van der Waals surface area contributed by atoms with E-state index in [4.69, 9.17) is 21.1 Å². The zero-order chi connectivity index (χ0) is 13.0. The molecule has 1 aliphatic rings. The lowest BCUT2D eigenvalue weighted by molar-refractivity contribution is 0.157. The Kier molecular flexibility index (Phi) is 4.72. The Morgan fingerprint density at radius 2 is 2.06 bits per heavy atom. The molecule has 0 aromatic heterocycles. The van der Waals surface area contributed by atoms with Gasteiger partial charge in [-0.05, 0) is 24.1 Å². The Balaban J connectivity index is 2.11. The Bertz CT molecular complexity index is 406. The maximum atomic E-state index is 10.1. The van der Waals surface area contributed by atoms with Crippen LogP contribution in [0.3, 0.4) is 0 Å². The monoisotopic (exact) mass is 270 g/mol. The highest BCUT2D eigenvalue weighted by atomic mass is 35.5. The smallest absolute Gasteiger partial charge is 0.179 e. The SMILES string of the molecule is CCCCCC(O)c1cc(Cl)c2c(c1)OCCO2. The number of halogens is 1. The van der Waals surface area contributed by atoms with Gasteiger partial charge < -0.3 is 14.6 Å². The number of ether oxygens (including phenoxy) is 2. The highest BCUT2D eigenvalue weighted by molar-refractivity contribution is 6.32. The molecule has 0 radical (unpaired) electrons. The summed E-state index contributed by atoms with van der Waals surface area (Å²) in [4.78, 5) is 0. The molecule has 0 spiro atoms. The topological polar surface area (TPSA) is 38.7 Å². The van der Waals surface area contributed by atoms with Crippen molar-refractivity contribution in [1.29, 1.82) is 0 Å². The van der Waals surface area contributed by atoms with E-state index in [0.717, 1.165) is 31.2 Å². The van der Waals surface area contributed by atoms with Crippen molar-refractivity contribution in [3.63, 3.8) is 0 Å². The van der Waals surface area contributed by atoms with Gasteiger partial charge in [0.2, 0.25) is 0 Å². The van der Waals surface area contributed by atoms with Crippen LogP contribution in [0.5, 0.6) is 11.5 Å². The summed E-state index contributed by atoms with van der Waals surface area (Å²) >= 11 is 6.14. The number of unbranched alkanes of at least 4 members (excludes halogenated alkanes) is 2. The Hall–Kier alpha value is -0.930. The molecule has 2 rings (SSSR count). The number of hydrogen-bond acceptors (Lipinski definition) is 3. The van der Waals surface area contributed by atoms with Gasteiger partial charge in [0.1, 0.15) is 13.2 Å². The lowest BCUT2D eigenvalue weighted by Crippen LogP contribution is -2.16. The normalized spacial score (nSPS) is 15.5. The minimum atomic E-state index is -0.482. The first-order valence-corrected chi connectivity index (χ1v) is 6.87. The molecule has 0 saturated heterocycles. The summed E-state index contributed by atoms with van der Waals surface area (Å²) in [6.07, 6.45) is 3.57. The Morgan fingerprint density at radius 3 is 2.83 bits per heavy atom. The minimum Gasteiger partial charge on any atom is -0.486 e. The van der Waals surface area contributed by atoms with E-state index in [2.05, 4.69) is 6.92 Å². The van der Waals surface area contributed by atoms with Crippen LogP contribution in [-0.2, 0) is 0 Å². The van der Waals surface area contributed by atoms with E-state index in [-0.39, 0.29) is 0 Å². The number of rotatable bonds is 5. The van der Waals surface area contributed by atoms with Crippen LogP contribution in [-0.4, -0.2) is 18.3 Å². The fourth-order valence-electron chi connectivity index (χ4n) is 2.08. The van der Waals surface area contributed by atoms with Crippen molar-refractivity contribution in [2.45, 2.75) is 38.7 Å². The molecule has 1 unspecified atom stereocenters. The third kappa shape index (κ3) is 3.09. The molecule has 1 aromatic rings. The van der Waals surface area contributed by atoms with E-state index < -0.39 is 6.10 Å². The third-order valence-corrected chi connectivity index (χ3v) is 3.37. The van der Waals surface area contributed by atoms with Gasteiger partial charge in [0.05, 0.1) is 11.1 Å². The van der Waals surface area contributed by atoms with Crippen molar-refractivity contribution in [3.05, 3.63) is 22.7 Å². The number of aliphatic hydroxyl groups is 1.